The Balaban J connectivity index is 2.18. The zero-order valence-corrected chi connectivity index (χ0v) is 13.3. The zero-order valence-electron chi connectivity index (χ0n) is 11.8. The Bertz CT molecular complexity index is 597. The number of nitrogens with zero attached hydrogens (tertiary/aromatic N) is 1. The van der Waals surface area contributed by atoms with Crippen molar-refractivity contribution in [2.45, 2.75) is 13.0 Å². The van der Waals surface area contributed by atoms with Crippen molar-refractivity contribution in [2.75, 3.05) is 24.3 Å². The molecule has 2 rings (SSSR count). The maximum Gasteiger partial charge on any atom is 0.0659 e. The van der Waals surface area contributed by atoms with Gasteiger partial charge in [0.2, 0.25) is 0 Å². The van der Waals surface area contributed by atoms with Crippen LogP contribution in [0.5, 0.6) is 0 Å². The van der Waals surface area contributed by atoms with Crippen LogP contribution in [0.25, 0.3) is 0 Å². The molecule has 20 heavy (non-hydrogen) atoms. The first kappa shape index (κ1) is 15.0. The van der Waals surface area contributed by atoms with E-state index in [1.807, 2.05) is 61.5 Å². The van der Waals surface area contributed by atoms with Crippen LogP contribution in [-0.4, -0.2) is 14.1 Å². The average molecular weight is 309 g/mol. The second-order valence-electron chi connectivity index (χ2n) is 4.95. The molecular weight excluding hydrogens is 291 g/mol. The van der Waals surface area contributed by atoms with Crippen LogP contribution in [0.3, 0.4) is 0 Å². The van der Waals surface area contributed by atoms with Crippen LogP contribution in [0.1, 0.15) is 18.5 Å². The van der Waals surface area contributed by atoms with E-state index in [4.69, 9.17) is 23.2 Å². The van der Waals surface area contributed by atoms with E-state index in [2.05, 4.69) is 12.2 Å². The minimum Gasteiger partial charge on any atom is -0.378 e. The summed E-state index contributed by atoms with van der Waals surface area (Å²) in [6, 6.07) is 13.9. The summed E-state index contributed by atoms with van der Waals surface area (Å²) in [7, 11) is 3.95. The number of anilines is 2. The van der Waals surface area contributed by atoms with Gasteiger partial charge in [-0.1, -0.05) is 41.4 Å². The maximum absolute atomic E-state index is 6.28. The predicted octanol–water partition coefficient (Wildman–Crippen LogP) is 5.23. The summed E-state index contributed by atoms with van der Waals surface area (Å²) in [6.07, 6.45) is 0. The monoisotopic (exact) mass is 308 g/mol. The van der Waals surface area contributed by atoms with Crippen molar-refractivity contribution in [2.24, 2.45) is 0 Å². The zero-order chi connectivity index (χ0) is 14.7. The molecule has 0 radical (unpaired) electrons. The van der Waals surface area contributed by atoms with Crippen LogP contribution < -0.4 is 10.2 Å². The molecule has 2 nitrogen and oxygen atoms in total. The molecule has 0 amide bonds. The van der Waals surface area contributed by atoms with Crippen LogP contribution in [0.15, 0.2) is 42.5 Å². The van der Waals surface area contributed by atoms with E-state index >= 15 is 0 Å². The van der Waals surface area contributed by atoms with Gasteiger partial charge in [-0.05, 0) is 36.8 Å². The molecule has 0 heterocycles. The quantitative estimate of drug-likeness (QED) is 0.831. The highest BCUT2D eigenvalue weighted by Crippen LogP contribution is 2.30. The second-order valence-corrected chi connectivity index (χ2v) is 5.76. The van der Waals surface area contributed by atoms with Gasteiger partial charge in [0.1, 0.15) is 0 Å². The standard InChI is InChI=1S/C16H18Cl2N2/c1-11(13-6-4-5-7-14(13)17)19-12-8-9-16(20(2)3)15(18)10-12/h4-11,19H,1-3H3. The van der Waals surface area contributed by atoms with Gasteiger partial charge in [0.25, 0.3) is 0 Å². The molecule has 4 heteroatoms. The topological polar surface area (TPSA) is 15.3 Å². The lowest BCUT2D eigenvalue weighted by Crippen LogP contribution is -2.10. The van der Waals surface area contributed by atoms with Gasteiger partial charge in [-0.25, -0.2) is 0 Å². The Morgan fingerprint density at radius 2 is 1.70 bits per heavy atom. The van der Waals surface area contributed by atoms with E-state index in [-0.39, 0.29) is 6.04 Å². The molecule has 2 aromatic carbocycles. The van der Waals surface area contributed by atoms with Gasteiger partial charge in [0.15, 0.2) is 0 Å². The van der Waals surface area contributed by atoms with Gasteiger partial charge in [-0.3, -0.25) is 0 Å². The molecule has 1 atom stereocenters. The van der Waals surface area contributed by atoms with Crippen molar-refractivity contribution < 1.29 is 0 Å². The molecule has 0 aromatic heterocycles. The summed E-state index contributed by atoms with van der Waals surface area (Å²) in [4.78, 5) is 1.99. The van der Waals surface area contributed by atoms with Crippen LogP contribution in [0.4, 0.5) is 11.4 Å². The lowest BCUT2D eigenvalue weighted by molar-refractivity contribution is 0.885. The average Bonchev–Trinajstić information content (AvgIpc) is 2.38. The lowest BCUT2D eigenvalue weighted by Gasteiger charge is -2.19. The summed E-state index contributed by atoms with van der Waals surface area (Å²) in [5.74, 6) is 0. The number of halogens is 2. The van der Waals surface area contributed by atoms with E-state index in [0.29, 0.717) is 0 Å². The molecule has 0 spiro atoms. The molecule has 0 bridgehead atoms. The minimum absolute atomic E-state index is 0.116. The maximum atomic E-state index is 6.28. The Labute approximate surface area is 130 Å². The third-order valence-corrected chi connectivity index (χ3v) is 3.83. The summed E-state index contributed by atoms with van der Waals surface area (Å²) in [5, 5.41) is 4.91. The lowest BCUT2D eigenvalue weighted by atomic mass is 10.1. The third-order valence-electron chi connectivity index (χ3n) is 3.18. The Hall–Kier alpha value is -1.38. The molecule has 2 aromatic rings. The largest absolute Gasteiger partial charge is 0.378 e. The highest BCUT2D eigenvalue weighted by molar-refractivity contribution is 6.33. The number of nitrogens with one attached hydrogen (secondary N) is 1. The van der Waals surface area contributed by atoms with Gasteiger partial charge in [0, 0.05) is 30.8 Å². The highest BCUT2D eigenvalue weighted by atomic mass is 35.5. The van der Waals surface area contributed by atoms with E-state index < -0.39 is 0 Å². The predicted molar refractivity (Wildman–Crippen MR) is 89.3 cm³/mol. The molecule has 1 N–H and O–H groups in total. The molecular formula is C16H18Cl2N2. The summed E-state index contributed by atoms with van der Waals surface area (Å²) < 4.78 is 0. The molecule has 0 aliphatic carbocycles. The van der Waals surface area contributed by atoms with Gasteiger partial charge < -0.3 is 10.2 Å². The van der Waals surface area contributed by atoms with E-state index in [9.17, 15) is 0 Å². The van der Waals surface area contributed by atoms with Gasteiger partial charge >= 0.3 is 0 Å². The van der Waals surface area contributed by atoms with Crippen molar-refractivity contribution >= 4 is 34.6 Å². The van der Waals surface area contributed by atoms with E-state index in [1.54, 1.807) is 0 Å². The number of hydrogen-bond donors (Lipinski definition) is 1. The highest BCUT2D eigenvalue weighted by Gasteiger charge is 2.10. The van der Waals surface area contributed by atoms with Gasteiger partial charge in [-0.2, -0.15) is 0 Å². The molecule has 0 aliphatic heterocycles. The van der Waals surface area contributed by atoms with Crippen LogP contribution >= 0.6 is 23.2 Å². The van der Waals surface area contributed by atoms with Crippen molar-refractivity contribution in [3.05, 3.63) is 58.1 Å². The molecule has 1 unspecified atom stereocenters. The summed E-state index contributed by atoms with van der Waals surface area (Å²) in [5.41, 5.74) is 3.05. The molecule has 0 saturated carbocycles. The fourth-order valence-corrected chi connectivity index (χ4v) is 2.76. The van der Waals surface area contributed by atoms with Crippen molar-refractivity contribution in [3.8, 4) is 0 Å². The molecule has 106 valence electrons. The fraction of sp³-hybridized carbons (Fsp3) is 0.250. The van der Waals surface area contributed by atoms with Crippen molar-refractivity contribution in [1.82, 2.24) is 0 Å². The Morgan fingerprint density at radius 3 is 2.30 bits per heavy atom. The van der Waals surface area contributed by atoms with Gasteiger partial charge in [0.05, 0.1) is 10.7 Å². The first-order chi connectivity index (χ1) is 9.49. The second kappa shape index (κ2) is 6.38. The fourth-order valence-electron chi connectivity index (χ4n) is 2.11. The smallest absolute Gasteiger partial charge is 0.0659 e. The number of rotatable bonds is 4. The van der Waals surface area contributed by atoms with E-state index in [1.165, 1.54) is 0 Å². The Morgan fingerprint density at radius 1 is 1.00 bits per heavy atom. The van der Waals surface area contributed by atoms with E-state index in [0.717, 1.165) is 27.0 Å². The van der Waals surface area contributed by atoms with Gasteiger partial charge in [-0.15, -0.1) is 0 Å². The van der Waals surface area contributed by atoms with Crippen molar-refractivity contribution in [3.63, 3.8) is 0 Å². The third kappa shape index (κ3) is 3.38. The molecule has 0 saturated heterocycles. The first-order valence-electron chi connectivity index (χ1n) is 6.47. The number of hydrogen-bond acceptors (Lipinski definition) is 2. The van der Waals surface area contributed by atoms with Crippen molar-refractivity contribution in [1.29, 1.82) is 0 Å². The molecule has 0 aliphatic rings. The summed E-state index contributed by atoms with van der Waals surface area (Å²) >= 11 is 12.5. The molecule has 0 fully saturated rings. The number of benzene rings is 2. The van der Waals surface area contributed by atoms with Crippen LogP contribution in [0, 0.1) is 0 Å². The SMILES string of the molecule is CC(Nc1ccc(N(C)C)c(Cl)c1)c1ccccc1Cl. The first-order valence-corrected chi connectivity index (χ1v) is 7.22. The van der Waals surface area contributed by atoms with Crippen LogP contribution in [0.2, 0.25) is 10.0 Å². The Kier molecular flexibility index (Phi) is 4.79. The minimum atomic E-state index is 0.116. The summed E-state index contributed by atoms with van der Waals surface area (Å²) in [6.45, 7) is 2.08. The van der Waals surface area contributed by atoms with Crippen LogP contribution in [-0.2, 0) is 0 Å². The normalized spacial score (nSPS) is 12.1.